The molecule has 1 heterocycles. The van der Waals surface area contributed by atoms with Crippen LogP contribution in [0, 0.1) is 11.3 Å². The van der Waals surface area contributed by atoms with Gasteiger partial charge in [-0.15, -0.1) is 0 Å². The Hall–Kier alpha value is -3.04. The number of primary amides is 1. The Balaban J connectivity index is 1.88. The number of nitrogens with zero attached hydrogens (tertiary/aromatic N) is 2. The van der Waals surface area contributed by atoms with Gasteiger partial charge in [-0.05, 0) is 74.6 Å². The molecule has 6 nitrogen and oxygen atoms in total. The van der Waals surface area contributed by atoms with Crippen LogP contribution in [0.2, 0.25) is 0 Å². The summed E-state index contributed by atoms with van der Waals surface area (Å²) in [5.41, 5.74) is 8.99. The zero-order valence-corrected chi connectivity index (χ0v) is 16.0. The third kappa shape index (κ3) is 2.88. The Morgan fingerprint density at radius 3 is 2.71 bits per heavy atom. The second-order valence-corrected chi connectivity index (χ2v) is 7.97. The fourth-order valence-electron chi connectivity index (χ4n) is 4.25. The lowest BCUT2D eigenvalue weighted by Crippen LogP contribution is -2.56. The van der Waals surface area contributed by atoms with Crippen molar-refractivity contribution in [1.82, 2.24) is 0 Å². The van der Waals surface area contributed by atoms with E-state index < -0.39 is 23.8 Å². The van der Waals surface area contributed by atoms with Crippen molar-refractivity contribution in [2.45, 2.75) is 50.9 Å². The number of nitrogens with two attached hydrogens (primary N) is 1. The van der Waals surface area contributed by atoms with E-state index >= 15 is 0 Å². The molecule has 2 atom stereocenters. The van der Waals surface area contributed by atoms with E-state index in [9.17, 15) is 15.2 Å². The van der Waals surface area contributed by atoms with Gasteiger partial charge in [0.05, 0.1) is 17.7 Å². The van der Waals surface area contributed by atoms with Gasteiger partial charge in [-0.25, -0.2) is 4.79 Å². The molecule has 0 aromatic heterocycles. The molecule has 28 heavy (non-hydrogen) atoms. The number of carbonyl (C=O) groups is 1. The zero-order valence-electron chi connectivity index (χ0n) is 16.0. The summed E-state index contributed by atoms with van der Waals surface area (Å²) in [6, 6.07) is 11.6. The number of fused-ring (bicyclic) bond motifs is 2. The Morgan fingerprint density at radius 2 is 2.00 bits per heavy atom. The summed E-state index contributed by atoms with van der Waals surface area (Å²) < 4.78 is 5.96. The van der Waals surface area contributed by atoms with Crippen LogP contribution in [0.1, 0.15) is 48.6 Å². The van der Waals surface area contributed by atoms with E-state index in [0.717, 1.165) is 19.3 Å². The minimum absolute atomic E-state index is 0.428. The molecule has 0 fully saturated rings. The van der Waals surface area contributed by atoms with Crippen LogP contribution in [0.25, 0.3) is 0 Å². The maximum absolute atomic E-state index is 12.6. The van der Waals surface area contributed by atoms with Crippen molar-refractivity contribution in [3.8, 4) is 11.8 Å². The molecule has 0 unspecified atom stereocenters. The van der Waals surface area contributed by atoms with Crippen molar-refractivity contribution in [1.29, 1.82) is 5.26 Å². The molecule has 1 aliphatic carbocycles. The summed E-state index contributed by atoms with van der Waals surface area (Å²) >= 11 is 0. The Bertz CT molecular complexity index is 993. The minimum atomic E-state index is -1.03. The van der Waals surface area contributed by atoms with Gasteiger partial charge in [-0.2, -0.15) is 5.26 Å². The first-order chi connectivity index (χ1) is 13.3. The van der Waals surface area contributed by atoms with Crippen molar-refractivity contribution < 1.29 is 14.6 Å². The molecule has 1 aliphatic heterocycles. The van der Waals surface area contributed by atoms with Crippen LogP contribution < -0.4 is 15.4 Å². The molecule has 4 rings (SSSR count). The van der Waals surface area contributed by atoms with Crippen molar-refractivity contribution in [3.63, 3.8) is 0 Å². The highest BCUT2D eigenvalue weighted by atomic mass is 16.5. The smallest absolute Gasteiger partial charge is 0.319 e. The zero-order chi connectivity index (χ0) is 20.1. The second-order valence-electron chi connectivity index (χ2n) is 7.97. The average molecular weight is 377 g/mol. The molecule has 0 spiro atoms. The Kier molecular flexibility index (Phi) is 4.28. The highest BCUT2D eigenvalue weighted by Crippen LogP contribution is 2.45. The van der Waals surface area contributed by atoms with Crippen LogP contribution >= 0.6 is 0 Å². The van der Waals surface area contributed by atoms with Gasteiger partial charge in [0.1, 0.15) is 17.5 Å². The van der Waals surface area contributed by atoms with Gasteiger partial charge >= 0.3 is 6.03 Å². The standard InChI is InChI=1S/C22H23N3O3/c1-22(2)20(26)19(17-10-13(12-23)6-9-18(17)28-22)25(21(24)27)16-8-7-14-4-3-5-15(14)11-16/h6-11,19-20,26H,3-5H2,1-2H3,(H2,24,27)/t19-,20+/m1/s1. The first-order valence-corrected chi connectivity index (χ1v) is 9.43. The molecule has 144 valence electrons. The van der Waals surface area contributed by atoms with Crippen molar-refractivity contribution in [2.24, 2.45) is 5.73 Å². The molecular weight excluding hydrogens is 354 g/mol. The number of benzene rings is 2. The van der Waals surface area contributed by atoms with Crippen LogP contribution in [0.4, 0.5) is 10.5 Å². The summed E-state index contributed by atoms with van der Waals surface area (Å²) in [7, 11) is 0. The van der Waals surface area contributed by atoms with E-state index in [2.05, 4.69) is 6.07 Å². The number of rotatable bonds is 2. The van der Waals surface area contributed by atoms with Gasteiger partial charge in [-0.1, -0.05) is 6.07 Å². The number of aliphatic hydroxyl groups excluding tert-OH is 1. The molecule has 2 aromatic rings. The van der Waals surface area contributed by atoms with E-state index in [1.54, 1.807) is 32.0 Å². The summed E-state index contributed by atoms with van der Waals surface area (Å²) in [5.74, 6) is 0.534. The molecule has 0 saturated carbocycles. The number of aliphatic hydroxyl groups is 1. The monoisotopic (exact) mass is 377 g/mol. The normalized spacial score (nSPS) is 21.8. The predicted octanol–water partition coefficient (Wildman–Crippen LogP) is 3.21. The largest absolute Gasteiger partial charge is 0.485 e. The molecular formula is C22H23N3O3. The molecule has 2 aromatic carbocycles. The third-order valence-corrected chi connectivity index (χ3v) is 5.72. The lowest BCUT2D eigenvalue weighted by Gasteiger charge is -2.45. The number of urea groups is 1. The maximum atomic E-state index is 12.6. The van der Waals surface area contributed by atoms with E-state index in [1.807, 2.05) is 18.2 Å². The van der Waals surface area contributed by atoms with Gasteiger partial charge in [-0.3, -0.25) is 4.90 Å². The van der Waals surface area contributed by atoms with Gasteiger partial charge < -0.3 is 15.6 Å². The molecule has 6 heteroatoms. The SMILES string of the molecule is CC1(C)Oc2ccc(C#N)cc2[C@@H](N(C(N)=O)c2ccc3c(c2)CCC3)[C@@H]1O. The predicted molar refractivity (Wildman–Crippen MR) is 105 cm³/mol. The highest BCUT2D eigenvalue weighted by molar-refractivity contribution is 5.92. The van der Waals surface area contributed by atoms with Gasteiger partial charge in [0.15, 0.2) is 0 Å². The van der Waals surface area contributed by atoms with Gasteiger partial charge in [0.2, 0.25) is 0 Å². The fourth-order valence-corrected chi connectivity index (χ4v) is 4.25. The number of aryl methyl sites for hydroxylation is 2. The lowest BCUT2D eigenvalue weighted by atomic mass is 9.84. The van der Waals surface area contributed by atoms with Crippen molar-refractivity contribution >= 4 is 11.7 Å². The summed E-state index contributed by atoms with van der Waals surface area (Å²) in [5, 5.41) is 20.4. The van der Waals surface area contributed by atoms with Gasteiger partial charge in [0, 0.05) is 11.3 Å². The number of ether oxygens (including phenoxy) is 1. The Morgan fingerprint density at radius 1 is 1.25 bits per heavy atom. The van der Waals surface area contributed by atoms with Crippen molar-refractivity contribution in [2.75, 3.05) is 4.90 Å². The number of anilines is 1. The van der Waals surface area contributed by atoms with Crippen LogP contribution in [0.15, 0.2) is 36.4 Å². The summed E-state index contributed by atoms with van der Waals surface area (Å²) in [6.45, 7) is 3.54. The number of hydrogen-bond acceptors (Lipinski definition) is 4. The minimum Gasteiger partial charge on any atom is -0.485 e. The maximum Gasteiger partial charge on any atom is 0.319 e. The van der Waals surface area contributed by atoms with Crippen LogP contribution in [-0.2, 0) is 12.8 Å². The first-order valence-electron chi connectivity index (χ1n) is 9.43. The number of hydrogen-bond donors (Lipinski definition) is 2. The summed E-state index contributed by atoms with van der Waals surface area (Å²) in [6.07, 6.45) is 2.06. The lowest BCUT2D eigenvalue weighted by molar-refractivity contribution is -0.0571. The third-order valence-electron chi connectivity index (χ3n) is 5.72. The Labute approximate surface area is 164 Å². The number of amides is 2. The highest BCUT2D eigenvalue weighted by Gasteiger charge is 2.47. The van der Waals surface area contributed by atoms with Crippen LogP contribution in [0.3, 0.4) is 0 Å². The quantitative estimate of drug-likeness (QED) is 0.839. The van der Waals surface area contributed by atoms with E-state index in [4.69, 9.17) is 10.5 Å². The second kappa shape index (κ2) is 6.54. The number of nitriles is 1. The average Bonchev–Trinajstić information content (AvgIpc) is 3.12. The van der Waals surface area contributed by atoms with Crippen LogP contribution in [0.5, 0.6) is 5.75 Å². The molecule has 3 N–H and O–H groups in total. The van der Waals surface area contributed by atoms with E-state index in [1.165, 1.54) is 16.0 Å². The van der Waals surface area contributed by atoms with Gasteiger partial charge in [0.25, 0.3) is 0 Å². The fraction of sp³-hybridized carbons (Fsp3) is 0.364. The molecule has 2 amide bonds. The van der Waals surface area contributed by atoms with Crippen molar-refractivity contribution in [3.05, 3.63) is 58.7 Å². The molecule has 0 saturated heterocycles. The number of carbonyl (C=O) groups excluding carboxylic acids is 1. The molecule has 0 radical (unpaired) electrons. The van der Waals surface area contributed by atoms with Crippen LogP contribution in [-0.4, -0.2) is 22.8 Å². The summed E-state index contributed by atoms with van der Waals surface area (Å²) in [4.78, 5) is 14.0. The van der Waals surface area contributed by atoms with E-state index in [-0.39, 0.29) is 0 Å². The van der Waals surface area contributed by atoms with E-state index in [0.29, 0.717) is 22.6 Å². The topological polar surface area (TPSA) is 99.6 Å². The molecule has 0 bridgehead atoms. The first kappa shape index (κ1) is 18.3. The molecule has 2 aliphatic rings.